The Morgan fingerprint density at radius 1 is 1.44 bits per heavy atom. The van der Waals surface area contributed by atoms with Gasteiger partial charge >= 0.3 is 0 Å². The summed E-state index contributed by atoms with van der Waals surface area (Å²) in [5, 5.41) is 10.2. The third kappa shape index (κ3) is 2.38. The van der Waals surface area contributed by atoms with Gasteiger partial charge in [0.25, 0.3) is 0 Å². The number of ether oxygens (including phenoxy) is 1. The molecule has 0 saturated heterocycles. The van der Waals surface area contributed by atoms with E-state index in [4.69, 9.17) is 4.74 Å². The van der Waals surface area contributed by atoms with Crippen LogP contribution in [0.1, 0.15) is 42.9 Å². The molecule has 1 aromatic carbocycles. The van der Waals surface area contributed by atoms with Gasteiger partial charge in [0.2, 0.25) is 0 Å². The summed E-state index contributed by atoms with van der Waals surface area (Å²) >= 11 is 0. The van der Waals surface area contributed by atoms with E-state index >= 15 is 0 Å². The molecular formula is C14H20O2. The van der Waals surface area contributed by atoms with E-state index < -0.39 is 0 Å². The second kappa shape index (κ2) is 4.88. The monoisotopic (exact) mass is 220 g/mol. The van der Waals surface area contributed by atoms with Crippen molar-refractivity contribution < 1.29 is 9.84 Å². The molecule has 0 heterocycles. The molecule has 0 aromatic heterocycles. The molecule has 88 valence electrons. The summed E-state index contributed by atoms with van der Waals surface area (Å²) in [6.45, 7) is 2.03. The normalized spacial score (nSPS) is 17.9. The van der Waals surface area contributed by atoms with Crippen LogP contribution in [-0.4, -0.2) is 12.2 Å². The third-order valence-corrected chi connectivity index (χ3v) is 3.53. The molecule has 0 bridgehead atoms. The number of aliphatic hydroxyl groups excluding tert-OH is 1. The SMILES string of the molecule is COc1cc(C)ccc1C(O)CC1CCC1. The van der Waals surface area contributed by atoms with Gasteiger partial charge in [0.1, 0.15) is 5.75 Å². The van der Waals surface area contributed by atoms with Crippen molar-refractivity contribution in [2.24, 2.45) is 5.92 Å². The van der Waals surface area contributed by atoms with Crippen LogP contribution in [0.15, 0.2) is 18.2 Å². The Morgan fingerprint density at radius 2 is 2.19 bits per heavy atom. The number of methoxy groups -OCH3 is 1. The van der Waals surface area contributed by atoms with E-state index in [0.717, 1.165) is 23.3 Å². The van der Waals surface area contributed by atoms with Crippen molar-refractivity contribution >= 4 is 0 Å². The van der Waals surface area contributed by atoms with Crippen LogP contribution in [-0.2, 0) is 0 Å². The molecule has 2 heteroatoms. The summed E-state index contributed by atoms with van der Waals surface area (Å²) in [5.41, 5.74) is 2.09. The molecule has 16 heavy (non-hydrogen) atoms. The van der Waals surface area contributed by atoms with E-state index in [2.05, 4.69) is 0 Å². The molecular weight excluding hydrogens is 200 g/mol. The van der Waals surface area contributed by atoms with Crippen molar-refractivity contribution in [1.82, 2.24) is 0 Å². The Morgan fingerprint density at radius 3 is 2.75 bits per heavy atom. The van der Waals surface area contributed by atoms with E-state index in [0.29, 0.717) is 5.92 Å². The van der Waals surface area contributed by atoms with Crippen LogP contribution in [0.5, 0.6) is 5.75 Å². The van der Waals surface area contributed by atoms with Gasteiger partial charge in [0.05, 0.1) is 13.2 Å². The minimum atomic E-state index is -0.374. The fourth-order valence-corrected chi connectivity index (χ4v) is 2.26. The number of hydrogen-bond donors (Lipinski definition) is 1. The van der Waals surface area contributed by atoms with Gasteiger partial charge in [-0.25, -0.2) is 0 Å². The molecule has 2 nitrogen and oxygen atoms in total. The Bertz CT molecular complexity index is 356. The Balaban J connectivity index is 2.11. The van der Waals surface area contributed by atoms with Crippen LogP contribution in [0.2, 0.25) is 0 Å². The maximum absolute atomic E-state index is 10.2. The third-order valence-electron chi connectivity index (χ3n) is 3.53. The van der Waals surface area contributed by atoms with Gasteiger partial charge in [-0.3, -0.25) is 0 Å². The predicted octanol–water partition coefficient (Wildman–Crippen LogP) is 3.23. The van der Waals surface area contributed by atoms with Gasteiger partial charge in [-0.2, -0.15) is 0 Å². The van der Waals surface area contributed by atoms with Crippen LogP contribution >= 0.6 is 0 Å². The van der Waals surface area contributed by atoms with Crippen molar-refractivity contribution in [2.75, 3.05) is 7.11 Å². The molecule has 1 unspecified atom stereocenters. The van der Waals surface area contributed by atoms with Gasteiger partial charge in [-0.05, 0) is 30.9 Å². The van der Waals surface area contributed by atoms with Gasteiger partial charge in [-0.15, -0.1) is 0 Å². The largest absolute Gasteiger partial charge is 0.496 e. The summed E-state index contributed by atoms with van der Waals surface area (Å²) < 4.78 is 5.32. The van der Waals surface area contributed by atoms with E-state index in [-0.39, 0.29) is 6.10 Å². The first kappa shape index (κ1) is 11.5. The zero-order valence-electron chi connectivity index (χ0n) is 10.1. The first-order valence-electron chi connectivity index (χ1n) is 6.03. The molecule has 1 aromatic rings. The van der Waals surface area contributed by atoms with Crippen molar-refractivity contribution in [3.8, 4) is 5.75 Å². The Kier molecular flexibility index (Phi) is 3.49. The van der Waals surface area contributed by atoms with Crippen molar-refractivity contribution in [2.45, 2.75) is 38.7 Å². The van der Waals surface area contributed by atoms with Crippen molar-refractivity contribution in [3.05, 3.63) is 29.3 Å². The molecule has 1 aliphatic rings. The average molecular weight is 220 g/mol. The van der Waals surface area contributed by atoms with E-state index in [1.807, 2.05) is 25.1 Å². The number of rotatable bonds is 4. The molecule has 1 saturated carbocycles. The number of aryl methyl sites for hydroxylation is 1. The zero-order valence-corrected chi connectivity index (χ0v) is 10.1. The molecule has 1 atom stereocenters. The minimum Gasteiger partial charge on any atom is -0.496 e. The van der Waals surface area contributed by atoms with Crippen LogP contribution in [0.3, 0.4) is 0 Å². The number of aliphatic hydroxyl groups is 1. The predicted molar refractivity (Wildman–Crippen MR) is 64.6 cm³/mol. The second-order valence-corrected chi connectivity index (χ2v) is 4.79. The summed E-state index contributed by atoms with van der Waals surface area (Å²) in [6, 6.07) is 6.00. The number of hydrogen-bond acceptors (Lipinski definition) is 2. The topological polar surface area (TPSA) is 29.5 Å². The van der Waals surface area contributed by atoms with Crippen molar-refractivity contribution in [1.29, 1.82) is 0 Å². The summed E-state index contributed by atoms with van der Waals surface area (Å²) in [5.74, 6) is 1.52. The van der Waals surface area contributed by atoms with Crippen LogP contribution in [0.25, 0.3) is 0 Å². The molecule has 2 rings (SSSR count). The highest BCUT2D eigenvalue weighted by atomic mass is 16.5. The Labute approximate surface area is 97.3 Å². The first-order chi connectivity index (χ1) is 7.70. The lowest BCUT2D eigenvalue weighted by atomic mass is 9.80. The van der Waals surface area contributed by atoms with Crippen LogP contribution in [0.4, 0.5) is 0 Å². The maximum atomic E-state index is 10.2. The van der Waals surface area contributed by atoms with E-state index in [1.54, 1.807) is 7.11 Å². The van der Waals surface area contributed by atoms with Crippen LogP contribution < -0.4 is 4.74 Å². The Hall–Kier alpha value is -1.02. The average Bonchev–Trinajstić information content (AvgIpc) is 2.23. The van der Waals surface area contributed by atoms with E-state index in [9.17, 15) is 5.11 Å². The van der Waals surface area contributed by atoms with Crippen LogP contribution in [0, 0.1) is 12.8 Å². The molecule has 0 aliphatic heterocycles. The highest BCUT2D eigenvalue weighted by Gasteiger charge is 2.23. The molecule has 0 spiro atoms. The van der Waals surface area contributed by atoms with Gasteiger partial charge in [0, 0.05) is 5.56 Å². The molecule has 1 fully saturated rings. The quantitative estimate of drug-likeness (QED) is 0.844. The molecule has 0 radical (unpaired) electrons. The van der Waals surface area contributed by atoms with Gasteiger partial charge in [0.15, 0.2) is 0 Å². The van der Waals surface area contributed by atoms with Crippen molar-refractivity contribution in [3.63, 3.8) is 0 Å². The molecule has 0 amide bonds. The minimum absolute atomic E-state index is 0.374. The lowest BCUT2D eigenvalue weighted by molar-refractivity contribution is 0.116. The number of benzene rings is 1. The summed E-state index contributed by atoms with van der Waals surface area (Å²) in [7, 11) is 1.66. The zero-order chi connectivity index (χ0) is 11.5. The van der Waals surface area contributed by atoms with Gasteiger partial charge < -0.3 is 9.84 Å². The first-order valence-corrected chi connectivity index (χ1v) is 6.03. The lowest BCUT2D eigenvalue weighted by Gasteiger charge is -2.28. The van der Waals surface area contributed by atoms with Gasteiger partial charge in [-0.1, -0.05) is 31.4 Å². The highest BCUT2D eigenvalue weighted by molar-refractivity contribution is 5.38. The summed E-state index contributed by atoms with van der Waals surface area (Å²) in [4.78, 5) is 0. The molecule has 1 aliphatic carbocycles. The second-order valence-electron chi connectivity index (χ2n) is 4.79. The fraction of sp³-hybridized carbons (Fsp3) is 0.571. The van der Waals surface area contributed by atoms with E-state index in [1.165, 1.54) is 19.3 Å². The lowest BCUT2D eigenvalue weighted by Crippen LogP contribution is -2.15. The standard InChI is InChI=1S/C14H20O2/c1-10-6-7-12(14(8-10)16-2)13(15)9-11-4-3-5-11/h6-8,11,13,15H,3-5,9H2,1-2H3. The fourth-order valence-electron chi connectivity index (χ4n) is 2.26. The summed E-state index contributed by atoms with van der Waals surface area (Å²) in [6.07, 6.45) is 4.36. The maximum Gasteiger partial charge on any atom is 0.124 e. The smallest absolute Gasteiger partial charge is 0.124 e. The molecule has 1 N–H and O–H groups in total. The highest BCUT2D eigenvalue weighted by Crippen LogP contribution is 2.37.